The van der Waals surface area contributed by atoms with E-state index < -0.39 is 0 Å². The third-order valence-corrected chi connectivity index (χ3v) is 4.04. The van der Waals surface area contributed by atoms with E-state index >= 15 is 0 Å². The summed E-state index contributed by atoms with van der Waals surface area (Å²) in [5.41, 5.74) is 0.621. The molecule has 1 aromatic rings. The molecule has 2 heterocycles. The van der Waals surface area contributed by atoms with Crippen molar-refractivity contribution in [3.8, 4) is 0 Å². The van der Waals surface area contributed by atoms with Crippen molar-refractivity contribution in [1.29, 1.82) is 0 Å². The fraction of sp³-hybridized carbons (Fsp3) is 0.562. The van der Waals surface area contributed by atoms with E-state index in [4.69, 9.17) is 0 Å². The van der Waals surface area contributed by atoms with E-state index in [1.54, 1.807) is 24.5 Å². The first kappa shape index (κ1) is 16.4. The van der Waals surface area contributed by atoms with Gasteiger partial charge in [0.25, 0.3) is 5.91 Å². The zero-order valence-electron chi connectivity index (χ0n) is 13.4. The van der Waals surface area contributed by atoms with Crippen LogP contribution >= 0.6 is 0 Å². The van der Waals surface area contributed by atoms with Crippen LogP contribution in [0.2, 0.25) is 0 Å². The molecule has 0 saturated carbocycles. The topological polar surface area (TPSA) is 56.8 Å². The molecule has 1 saturated heterocycles. The molecule has 0 atom stereocenters. The summed E-state index contributed by atoms with van der Waals surface area (Å²) in [5.74, 6) is 0.180. The van der Waals surface area contributed by atoms with Crippen LogP contribution in [-0.2, 0) is 4.79 Å². The molecule has 1 aliphatic heterocycles. The maximum Gasteiger partial charge on any atom is 0.255 e. The quantitative estimate of drug-likeness (QED) is 0.804. The molecule has 2 amide bonds. The van der Waals surface area contributed by atoms with Gasteiger partial charge in [-0.2, -0.15) is 0 Å². The molecule has 0 spiro atoms. The predicted octanol–water partition coefficient (Wildman–Crippen LogP) is 0.708. The maximum absolute atomic E-state index is 12.3. The number of rotatable bonds is 5. The lowest BCUT2D eigenvalue weighted by molar-refractivity contribution is -0.132. The summed E-state index contributed by atoms with van der Waals surface area (Å²) >= 11 is 0. The van der Waals surface area contributed by atoms with Crippen LogP contribution in [0.5, 0.6) is 0 Å². The van der Waals surface area contributed by atoms with Crippen LogP contribution in [0.25, 0.3) is 0 Å². The highest BCUT2D eigenvalue weighted by Crippen LogP contribution is 2.08. The minimum Gasteiger partial charge on any atom is -0.342 e. The monoisotopic (exact) mass is 304 g/mol. The highest BCUT2D eigenvalue weighted by molar-refractivity contribution is 5.93. The number of aromatic nitrogens is 1. The van der Waals surface area contributed by atoms with Gasteiger partial charge in [-0.25, -0.2) is 0 Å². The second-order valence-electron chi connectivity index (χ2n) is 5.38. The van der Waals surface area contributed by atoms with Gasteiger partial charge < -0.3 is 9.80 Å². The fourth-order valence-electron chi connectivity index (χ4n) is 2.65. The summed E-state index contributed by atoms with van der Waals surface area (Å²) < 4.78 is 0. The SMILES string of the molecule is CCN(CC)C(=O)CN1CCN(C(=O)c2cccnc2)CC1. The molecule has 6 heteroatoms. The highest BCUT2D eigenvalue weighted by atomic mass is 16.2. The van der Waals surface area contributed by atoms with E-state index in [0.717, 1.165) is 26.2 Å². The predicted molar refractivity (Wildman–Crippen MR) is 84.5 cm³/mol. The number of amides is 2. The van der Waals surface area contributed by atoms with Crippen molar-refractivity contribution in [3.05, 3.63) is 30.1 Å². The minimum absolute atomic E-state index is 0.0165. The smallest absolute Gasteiger partial charge is 0.255 e. The minimum atomic E-state index is 0.0165. The molecular formula is C16H24N4O2. The Bertz CT molecular complexity index is 494. The molecule has 1 aliphatic rings. The summed E-state index contributed by atoms with van der Waals surface area (Å²) in [6, 6.07) is 3.55. The van der Waals surface area contributed by atoms with Crippen LogP contribution in [0.15, 0.2) is 24.5 Å². The zero-order chi connectivity index (χ0) is 15.9. The molecule has 1 fully saturated rings. The van der Waals surface area contributed by atoms with Crippen LogP contribution in [0.3, 0.4) is 0 Å². The molecule has 1 aromatic heterocycles. The Balaban J connectivity index is 1.83. The van der Waals surface area contributed by atoms with E-state index in [9.17, 15) is 9.59 Å². The standard InChI is InChI=1S/C16H24N4O2/c1-3-19(4-2)15(21)13-18-8-10-20(11-9-18)16(22)14-6-5-7-17-12-14/h5-7,12H,3-4,8-11,13H2,1-2H3. The normalized spacial score (nSPS) is 15.6. The Morgan fingerprint density at radius 3 is 2.41 bits per heavy atom. The van der Waals surface area contributed by atoms with Gasteiger partial charge in [0.2, 0.25) is 5.91 Å². The lowest BCUT2D eigenvalue weighted by Crippen LogP contribution is -2.51. The molecule has 0 aromatic carbocycles. The Morgan fingerprint density at radius 1 is 1.18 bits per heavy atom. The molecule has 0 unspecified atom stereocenters. The van der Waals surface area contributed by atoms with Gasteiger partial charge in [-0.05, 0) is 26.0 Å². The average molecular weight is 304 g/mol. The number of carbonyl (C=O) groups excluding carboxylic acids is 2. The highest BCUT2D eigenvalue weighted by Gasteiger charge is 2.24. The van der Waals surface area contributed by atoms with Crippen molar-refractivity contribution in [2.24, 2.45) is 0 Å². The Morgan fingerprint density at radius 2 is 1.86 bits per heavy atom. The van der Waals surface area contributed by atoms with Gasteiger partial charge in [-0.15, -0.1) is 0 Å². The van der Waals surface area contributed by atoms with Gasteiger partial charge in [0.15, 0.2) is 0 Å². The number of piperazine rings is 1. The molecule has 2 rings (SSSR count). The largest absolute Gasteiger partial charge is 0.342 e. The first-order chi connectivity index (χ1) is 10.7. The zero-order valence-corrected chi connectivity index (χ0v) is 13.4. The van der Waals surface area contributed by atoms with Crippen LogP contribution in [0.4, 0.5) is 0 Å². The Kier molecular flexibility index (Phi) is 5.89. The number of nitrogens with zero attached hydrogens (tertiary/aromatic N) is 4. The third kappa shape index (κ3) is 4.04. The first-order valence-corrected chi connectivity index (χ1v) is 7.85. The van der Waals surface area contributed by atoms with Gasteiger partial charge in [0.05, 0.1) is 12.1 Å². The second-order valence-corrected chi connectivity index (χ2v) is 5.38. The molecule has 6 nitrogen and oxygen atoms in total. The number of carbonyl (C=O) groups is 2. The lowest BCUT2D eigenvalue weighted by atomic mass is 10.2. The summed E-state index contributed by atoms with van der Waals surface area (Å²) in [6.45, 7) is 8.69. The summed E-state index contributed by atoms with van der Waals surface area (Å²) in [4.78, 5) is 34.2. The van der Waals surface area contributed by atoms with E-state index in [-0.39, 0.29) is 11.8 Å². The van der Waals surface area contributed by atoms with Crippen LogP contribution in [-0.4, -0.2) is 77.3 Å². The number of hydrogen-bond acceptors (Lipinski definition) is 4. The van der Waals surface area contributed by atoms with E-state index in [2.05, 4.69) is 9.88 Å². The van der Waals surface area contributed by atoms with Crippen LogP contribution in [0, 0.1) is 0 Å². The number of hydrogen-bond donors (Lipinski definition) is 0. The molecule has 0 radical (unpaired) electrons. The summed E-state index contributed by atoms with van der Waals surface area (Å²) in [5, 5.41) is 0. The maximum atomic E-state index is 12.3. The van der Waals surface area contributed by atoms with Crippen molar-refractivity contribution >= 4 is 11.8 Å². The Labute approximate surface area is 131 Å². The molecule has 120 valence electrons. The number of pyridine rings is 1. The molecule has 22 heavy (non-hydrogen) atoms. The van der Waals surface area contributed by atoms with E-state index in [1.165, 1.54) is 0 Å². The molecule has 0 N–H and O–H groups in total. The van der Waals surface area contributed by atoms with Gasteiger partial charge in [0, 0.05) is 51.7 Å². The lowest BCUT2D eigenvalue weighted by Gasteiger charge is -2.35. The average Bonchev–Trinajstić information content (AvgIpc) is 2.57. The Hall–Kier alpha value is -1.95. The van der Waals surface area contributed by atoms with Gasteiger partial charge >= 0.3 is 0 Å². The van der Waals surface area contributed by atoms with Crippen LogP contribution < -0.4 is 0 Å². The van der Waals surface area contributed by atoms with Crippen molar-refractivity contribution in [2.75, 3.05) is 45.8 Å². The van der Waals surface area contributed by atoms with Gasteiger partial charge in [0.1, 0.15) is 0 Å². The van der Waals surface area contributed by atoms with E-state index in [1.807, 2.05) is 23.6 Å². The third-order valence-electron chi connectivity index (χ3n) is 4.04. The summed E-state index contributed by atoms with van der Waals surface area (Å²) in [7, 11) is 0. The molecule has 0 bridgehead atoms. The number of likely N-dealkylation sites (N-methyl/N-ethyl adjacent to an activating group) is 1. The van der Waals surface area contributed by atoms with Gasteiger partial charge in [-0.1, -0.05) is 0 Å². The molecular weight excluding hydrogens is 280 g/mol. The van der Waals surface area contributed by atoms with E-state index in [0.29, 0.717) is 25.2 Å². The van der Waals surface area contributed by atoms with Crippen molar-refractivity contribution < 1.29 is 9.59 Å². The van der Waals surface area contributed by atoms with Crippen LogP contribution in [0.1, 0.15) is 24.2 Å². The summed E-state index contributed by atoms with van der Waals surface area (Å²) in [6.07, 6.45) is 3.26. The van der Waals surface area contributed by atoms with Crippen molar-refractivity contribution in [1.82, 2.24) is 19.7 Å². The first-order valence-electron chi connectivity index (χ1n) is 7.85. The molecule has 0 aliphatic carbocycles. The van der Waals surface area contributed by atoms with Crippen molar-refractivity contribution in [3.63, 3.8) is 0 Å². The van der Waals surface area contributed by atoms with Crippen molar-refractivity contribution in [2.45, 2.75) is 13.8 Å². The van der Waals surface area contributed by atoms with Gasteiger partial charge in [-0.3, -0.25) is 19.5 Å². The second kappa shape index (κ2) is 7.89. The fourth-order valence-corrected chi connectivity index (χ4v) is 2.65.